The van der Waals surface area contributed by atoms with Gasteiger partial charge in [-0.2, -0.15) is 31.4 Å². The maximum atomic E-state index is 13.7. The second kappa shape index (κ2) is 8.02. The zero-order valence-electron chi connectivity index (χ0n) is 15.1. The number of carbonyl (C=O) groups is 2. The van der Waals surface area contributed by atoms with Gasteiger partial charge in [0.05, 0.1) is 35.1 Å². The Morgan fingerprint density at radius 1 is 1.13 bits per heavy atom. The summed E-state index contributed by atoms with van der Waals surface area (Å²) in [5.41, 5.74) is 1.05. The van der Waals surface area contributed by atoms with Gasteiger partial charge in [0, 0.05) is 5.38 Å². The van der Waals surface area contributed by atoms with Gasteiger partial charge in [-0.05, 0) is 18.2 Å². The Bertz CT molecular complexity index is 1130. The van der Waals surface area contributed by atoms with Crippen molar-refractivity contribution < 1.29 is 35.9 Å². The molecule has 0 bridgehead atoms. The van der Waals surface area contributed by atoms with Crippen LogP contribution in [0.4, 0.5) is 31.5 Å². The Morgan fingerprint density at radius 2 is 1.84 bits per heavy atom. The molecule has 3 aromatic rings. The lowest BCUT2D eigenvalue weighted by Gasteiger charge is -2.14. The molecule has 2 aromatic heterocycles. The van der Waals surface area contributed by atoms with E-state index >= 15 is 0 Å². The van der Waals surface area contributed by atoms with Crippen LogP contribution in [0, 0.1) is 0 Å². The van der Waals surface area contributed by atoms with E-state index in [1.807, 2.05) is 0 Å². The first-order chi connectivity index (χ1) is 14.4. The average molecular weight is 463 g/mol. The predicted octanol–water partition coefficient (Wildman–Crippen LogP) is 3.65. The summed E-state index contributed by atoms with van der Waals surface area (Å²) in [7, 11) is 0. The number of aromatic nitrogens is 3. The number of nitrogens with two attached hydrogens (primary N) is 1. The highest BCUT2D eigenvalue weighted by molar-refractivity contribution is 7.14. The average Bonchev–Trinajstić information content (AvgIpc) is 3.27. The number of benzene rings is 1. The Morgan fingerprint density at radius 3 is 2.45 bits per heavy atom. The quantitative estimate of drug-likeness (QED) is 0.564. The normalized spacial score (nSPS) is 12.1. The molecule has 0 aliphatic carbocycles. The van der Waals surface area contributed by atoms with Crippen LogP contribution in [0.1, 0.15) is 27.3 Å². The largest absolute Gasteiger partial charge is 0.434 e. The molecule has 0 spiro atoms. The van der Waals surface area contributed by atoms with Crippen LogP contribution in [0.2, 0.25) is 0 Å². The van der Waals surface area contributed by atoms with Crippen LogP contribution in [0.15, 0.2) is 35.8 Å². The second-order valence-corrected chi connectivity index (χ2v) is 6.96. The Hall–Kier alpha value is -3.42. The molecule has 1 aromatic carbocycles. The maximum absolute atomic E-state index is 13.7. The van der Waals surface area contributed by atoms with Crippen LogP contribution in [0.3, 0.4) is 0 Å². The number of nitrogens with zero attached hydrogens (tertiary/aromatic N) is 3. The number of hydrogen-bond donors (Lipinski definition) is 2. The first-order valence-corrected chi connectivity index (χ1v) is 9.11. The zero-order chi connectivity index (χ0) is 23.0. The molecular weight excluding hydrogens is 452 g/mol. The van der Waals surface area contributed by atoms with Crippen molar-refractivity contribution in [2.24, 2.45) is 5.73 Å². The Kier molecular flexibility index (Phi) is 5.76. The van der Waals surface area contributed by atoms with Crippen LogP contribution < -0.4 is 11.1 Å². The summed E-state index contributed by atoms with van der Waals surface area (Å²) in [5.74, 6) is -1.92. The smallest absolute Gasteiger partial charge is 0.369 e. The van der Waals surface area contributed by atoms with Crippen LogP contribution in [0.5, 0.6) is 0 Å². The van der Waals surface area contributed by atoms with Crippen molar-refractivity contribution >= 4 is 28.3 Å². The van der Waals surface area contributed by atoms with Gasteiger partial charge in [-0.25, -0.2) is 9.67 Å². The highest BCUT2D eigenvalue weighted by atomic mass is 32.1. The summed E-state index contributed by atoms with van der Waals surface area (Å²) < 4.78 is 80.0. The van der Waals surface area contributed by atoms with E-state index in [0.29, 0.717) is 18.3 Å². The number of anilines is 1. The number of thiazole rings is 1. The van der Waals surface area contributed by atoms with Gasteiger partial charge in [0.1, 0.15) is 0 Å². The van der Waals surface area contributed by atoms with Gasteiger partial charge >= 0.3 is 12.4 Å². The van der Waals surface area contributed by atoms with Gasteiger partial charge in [0.15, 0.2) is 10.8 Å². The summed E-state index contributed by atoms with van der Waals surface area (Å²) in [6.07, 6.45) is -9.53. The molecule has 164 valence electrons. The van der Waals surface area contributed by atoms with Crippen molar-refractivity contribution in [1.29, 1.82) is 0 Å². The molecule has 31 heavy (non-hydrogen) atoms. The van der Waals surface area contributed by atoms with Gasteiger partial charge in [0.25, 0.3) is 5.91 Å². The van der Waals surface area contributed by atoms with E-state index < -0.39 is 46.7 Å². The SMILES string of the molecule is NC(=O)Cc1csc(NC(=O)c2cnn(-c3cccc(C(F)(F)F)c3)c2C(F)(F)F)n1. The lowest BCUT2D eigenvalue weighted by molar-refractivity contribution is -0.143. The minimum absolute atomic E-state index is 0.0961. The third kappa shape index (κ3) is 5.02. The number of rotatable bonds is 5. The third-order valence-electron chi connectivity index (χ3n) is 3.83. The number of hydrogen-bond acceptors (Lipinski definition) is 5. The minimum Gasteiger partial charge on any atom is -0.369 e. The van der Waals surface area contributed by atoms with E-state index in [9.17, 15) is 35.9 Å². The van der Waals surface area contributed by atoms with Crippen LogP contribution >= 0.6 is 11.3 Å². The summed E-state index contributed by atoms with van der Waals surface area (Å²) in [6, 6.07) is 3.10. The highest BCUT2D eigenvalue weighted by Gasteiger charge is 2.41. The Labute approximate surface area is 173 Å². The molecule has 3 rings (SSSR count). The molecule has 0 aliphatic rings. The van der Waals surface area contributed by atoms with Crippen molar-refractivity contribution in [2.45, 2.75) is 18.8 Å². The van der Waals surface area contributed by atoms with E-state index in [-0.39, 0.29) is 21.9 Å². The van der Waals surface area contributed by atoms with E-state index in [1.54, 1.807) is 0 Å². The molecule has 3 N–H and O–H groups in total. The molecule has 0 saturated heterocycles. The van der Waals surface area contributed by atoms with Gasteiger partial charge in [0.2, 0.25) is 5.91 Å². The molecule has 0 saturated carbocycles. The summed E-state index contributed by atoms with van der Waals surface area (Å²) in [5, 5.41) is 6.91. The minimum atomic E-state index is -5.11. The Balaban J connectivity index is 1.97. The van der Waals surface area contributed by atoms with Crippen molar-refractivity contribution in [2.75, 3.05) is 5.32 Å². The zero-order valence-corrected chi connectivity index (χ0v) is 15.9. The number of primary amides is 1. The number of amides is 2. The van der Waals surface area contributed by atoms with Gasteiger partial charge in [-0.3, -0.25) is 14.9 Å². The fraction of sp³-hybridized carbons (Fsp3) is 0.176. The molecule has 14 heteroatoms. The topological polar surface area (TPSA) is 103 Å². The maximum Gasteiger partial charge on any atom is 0.434 e. The fourth-order valence-corrected chi connectivity index (χ4v) is 3.29. The summed E-state index contributed by atoms with van der Waals surface area (Å²) in [6.45, 7) is 0. The van der Waals surface area contributed by atoms with Crippen LogP contribution in [-0.2, 0) is 23.6 Å². The number of alkyl halides is 6. The molecule has 0 unspecified atom stereocenters. The first-order valence-electron chi connectivity index (χ1n) is 8.23. The molecule has 2 amide bonds. The fourth-order valence-electron chi connectivity index (χ4n) is 2.59. The lowest BCUT2D eigenvalue weighted by atomic mass is 10.1. The first kappa shape index (κ1) is 22.3. The molecule has 0 aliphatic heterocycles. The highest BCUT2D eigenvalue weighted by Crippen LogP contribution is 2.36. The van der Waals surface area contributed by atoms with Crippen LogP contribution in [-0.4, -0.2) is 26.6 Å². The van der Waals surface area contributed by atoms with E-state index in [2.05, 4.69) is 15.4 Å². The van der Waals surface area contributed by atoms with Crippen LogP contribution in [0.25, 0.3) is 5.69 Å². The van der Waals surface area contributed by atoms with E-state index in [1.165, 1.54) is 5.38 Å². The molecule has 7 nitrogen and oxygen atoms in total. The monoisotopic (exact) mass is 463 g/mol. The number of halogens is 6. The molecular formula is C17H11F6N5O2S. The molecule has 0 atom stereocenters. The second-order valence-electron chi connectivity index (χ2n) is 6.11. The lowest BCUT2D eigenvalue weighted by Crippen LogP contribution is -2.21. The summed E-state index contributed by atoms with van der Waals surface area (Å²) >= 11 is 0.851. The van der Waals surface area contributed by atoms with E-state index in [0.717, 1.165) is 23.5 Å². The van der Waals surface area contributed by atoms with Gasteiger partial charge in [-0.1, -0.05) is 6.07 Å². The summed E-state index contributed by atoms with van der Waals surface area (Å²) in [4.78, 5) is 27.2. The van der Waals surface area contributed by atoms with Crippen molar-refractivity contribution in [1.82, 2.24) is 14.8 Å². The van der Waals surface area contributed by atoms with Gasteiger partial charge < -0.3 is 5.73 Å². The number of nitrogens with one attached hydrogen (secondary N) is 1. The molecule has 0 radical (unpaired) electrons. The van der Waals surface area contributed by atoms with Crippen molar-refractivity contribution in [3.8, 4) is 5.69 Å². The standard InChI is InChI=1S/C17H11F6N5O2S/c18-16(19,20)8-2-1-3-10(4-8)28-13(17(21,22)23)11(6-25-28)14(30)27-15-26-9(7-31-15)5-12(24)29/h1-4,6-7H,5H2,(H2,24,29)(H,26,27,30). The van der Waals surface area contributed by atoms with Crippen molar-refractivity contribution in [3.05, 3.63) is 58.4 Å². The molecule has 2 heterocycles. The predicted molar refractivity (Wildman–Crippen MR) is 96.5 cm³/mol. The number of carbonyl (C=O) groups excluding carboxylic acids is 2. The molecule has 0 fully saturated rings. The van der Waals surface area contributed by atoms with Crippen molar-refractivity contribution in [3.63, 3.8) is 0 Å². The van der Waals surface area contributed by atoms with E-state index in [4.69, 9.17) is 5.73 Å². The third-order valence-corrected chi connectivity index (χ3v) is 4.63. The van der Waals surface area contributed by atoms with Gasteiger partial charge in [-0.15, -0.1) is 11.3 Å².